The molecule has 0 saturated carbocycles. The summed E-state index contributed by atoms with van der Waals surface area (Å²) in [6.07, 6.45) is 3.18. The molecule has 0 fully saturated rings. The molecule has 34 heavy (non-hydrogen) atoms. The minimum Gasteiger partial charge on any atom is -0.307 e. The summed E-state index contributed by atoms with van der Waals surface area (Å²) in [5.41, 5.74) is 5.87. The molecule has 2 N–H and O–H groups in total. The molecule has 0 radical (unpaired) electrons. The maximum absolute atomic E-state index is 13.0. The second-order valence-electron chi connectivity index (χ2n) is 9.39. The molecule has 0 unspecified atom stereocenters. The number of alkyl halides is 2. The molecule has 1 aromatic heterocycles. The van der Waals surface area contributed by atoms with Crippen molar-refractivity contribution in [3.05, 3.63) is 40.1 Å². The lowest BCUT2D eigenvalue weighted by molar-refractivity contribution is 0.0962. The summed E-state index contributed by atoms with van der Waals surface area (Å²) in [5, 5.41) is 6.65. The third-order valence-electron chi connectivity index (χ3n) is 6.38. The van der Waals surface area contributed by atoms with Gasteiger partial charge in [0.1, 0.15) is 0 Å². The predicted molar refractivity (Wildman–Crippen MR) is 125 cm³/mol. The van der Waals surface area contributed by atoms with E-state index in [1.54, 1.807) is 0 Å². The Morgan fingerprint density at radius 1 is 1.12 bits per heavy atom. The van der Waals surface area contributed by atoms with Crippen molar-refractivity contribution in [1.29, 1.82) is 0 Å². The number of fused-ring (bicyclic) bond motifs is 2. The molecule has 4 rings (SSSR count). The summed E-state index contributed by atoms with van der Waals surface area (Å²) >= 11 is 0. The van der Waals surface area contributed by atoms with E-state index >= 15 is 0 Å². The second kappa shape index (κ2) is 9.61. The van der Waals surface area contributed by atoms with Gasteiger partial charge in [-0.3, -0.25) is 9.58 Å². The van der Waals surface area contributed by atoms with E-state index in [2.05, 4.69) is 21.2 Å². The highest BCUT2D eigenvalue weighted by atomic mass is 32.2. The summed E-state index contributed by atoms with van der Waals surface area (Å²) in [5.74, 6) is 0. The van der Waals surface area contributed by atoms with Crippen LogP contribution in [0.3, 0.4) is 0 Å². The van der Waals surface area contributed by atoms with Gasteiger partial charge in [0, 0.05) is 24.3 Å². The fourth-order valence-corrected chi connectivity index (χ4v) is 5.85. The number of aryl methyl sites for hydroxylation is 2. The number of aromatic nitrogens is 2. The molecule has 0 atom stereocenters. The molecular formula is C23H31F2N5O3S. The maximum Gasteiger partial charge on any atom is 0.333 e. The first kappa shape index (κ1) is 24.6. The van der Waals surface area contributed by atoms with Crippen molar-refractivity contribution in [3.63, 3.8) is 0 Å². The van der Waals surface area contributed by atoms with Crippen molar-refractivity contribution in [1.82, 2.24) is 19.4 Å². The molecule has 186 valence electrons. The largest absolute Gasteiger partial charge is 0.333 e. The lowest BCUT2D eigenvalue weighted by atomic mass is 9.99. The van der Waals surface area contributed by atoms with Gasteiger partial charge < -0.3 is 5.32 Å². The van der Waals surface area contributed by atoms with Gasteiger partial charge in [0.15, 0.2) is 5.03 Å². The van der Waals surface area contributed by atoms with Gasteiger partial charge in [0.05, 0.1) is 12.2 Å². The van der Waals surface area contributed by atoms with Gasteiger partial charge >= 0.3 is 6.03 Å². The van der Waals surface area contributed by atoms with Gasteiger partial charge in [-0.05, 0) is 81.7 Å². The first-order valence-corrected chi connectivity index (χ1v) is 13.1. The molecule has 0 spiro atoms. The minimum absolute atomic E-state index is 0.0968. The summed E-state index contributed by atoms with van der Waals surface area (Å²) in [6, 6.07) is 2.54. The highest BCUT2D eigenvalue weighted by Gasteiger charge is 2.28. The van der Waals surface area contributed by atoms with Crippen LogP contribution in [0, 0.1) is 0 Å². The van der Waals surface area contributed by atoms with E-state index in [-0.39, 0.29) is 17.6 Å². The number of amides is 2. The van der Waals surface area contributed by atoms with Crippen molar-refractivity contribution in [2.75, 3.05) is 18.9 Å². The van der Waals surface area contributed by atoms with Crippen LogP contribution in [0.25, 0.3) is 0 Å². The van der Waals surface area contributed by atoms with E-state index in [1.165, 1.54) is 33.8 Å². The summed E-state index contributed by atoms with van der Waals surface area (Å²) in [6.45, 7) is 3.28. The van der Waals surface area contributed by atoms with Crippen LogP contribution < -0.4 is 10.0 Å². The molecule has 1 heterocycles. The van der Waals surface area contributed by atoms with Crippen LogP contribution in [0.4, 0.5) is 19.3 Å². The lowest BCUT2D eigenvalue weighted by Crippen LogP contribution is -2.35. The number of anilines is 1. The number of nitrogens with one attached hydrogen (secondary N) is 2. The van der Waals surface area contributed by atoms with Crippen molar-refractivity contribution in [2.24, 2.45) is 0 Å². The predicted octanol–water partition coefficient (Wildman–Crippen LogP) is 3.65. The average Bonchev–Trinajstić information content (AvgIpc) is 3.45. The number of sulfonamides is 1. The van der Waals surface area contributed by atoms with E-state index < -0.39 is 29.0 Å². The number of carbonyl (C=O) groups excluding carboxylic acids is 1. The number of hydrogen-bond acceptors (Lipinski definition) is 5. The zero-order chi connectivity index (χ0) is 24.6. The van der Waals surface area contributed by atoms with E-state index in [4.69, 9.17) is 0 Å². The number of rotatable bonds is 8. The summed E-state index contributed by atoms with van der Waals surface area (Å²) in [7, 11) is -2.73. The molecule has 0 saturated heterocycles. The minimum atomic E-state index is -4.26. The van der Waals surface area contributed by atoms with Gasteiger partial charge in [-0.2, -0.15) is 13.5 Å². The number of urea groups is 1. The molecule has 2 aliphatic carbocycles. The Hall–Kier alpha value is -2.53. The Kier molecular flexibility index (Phi) is 6.95. The van der Waals surface area contributed by atoms with Gasteiger partial charge in [0.25, 0.3) is 16.4 Å². The van der Waals surface area contributed by atoms with Gasteiger partial charge in [-0.1, -0.05) is 6.07 Å². The third-order valence-corrected chi connectivity index (χ3v) is 7.58. The smallest absolute Gasteiger partial charge is 0.307 e. The molecular weight excluding hydrogens is 464 g/mol. The fraction of sp³-hybridized carbons (Fsp3) is 0.565. The highest BCUT2D eigenvalue weighted by Crippen LogP contribution is 2.38. The Morgan fingerprint density at radius 3 is 2.29 bits per heavy atom. The molecule has 2 aliphatic rings. The normalized spacial score (nSPS) is 15.3. The standard InChI is InChI=1S/C23H31F2N5O3S/c1-14(2)30-17(12-29(3)13-20(24)25)11-21(27-30)34(32,33)28-23(31)26-22-18-8-4-6-15(18)10-16-7-5-9-19(16)22/h10-11,14,20H,4-9,12-13H2,1-3H3,(H2,26,28,31). The molecule has 0 aliphatic heterocycles. The van der Waals surface area contributed by atoms with Crippen LogP contribution >= 0.6 is 0 Å². The SMILES string of the molecule is CC(C)n1nc(S(=O)(=O)NC(=O)Nc2c3c(cc4c2CCC4)CCC3)cc1CN(C)CC(F)F. The van der Waals surface area contributed by atoms with Gasteiger partial charge in [-0.15, -0.1) is 0 Å². The number of halogens is 2. The maximum atomic E-state index is 13.0. The van der Waals surface area contributed by atoms with Crippen LogP contribution in [0.5, 0.6) is 0 Å². The molecule has 2 amide bonds. The second-order valence-corrected chi connectivity index (χ2v) is 11.0. The Morgan fingerprint density at radius 2 is 1.74 bits per heavy atom. The Bertz CT molecular complexity index is 1160. The van der Waals surface area contributed by atoms with E-state index in [9.17, 15) is 22.0 Å². The van der Waals surface area contributed by atoms with E-state index in [0.717, 1.165) is 55.3 Å². The quantitative estimate of drug-likeness (QED) is 0.583. The molecule has 11 heteroatoms. The fourth-order valence-electron chi connectivity index (χ4n) is 4.96. The first-order valence-electron chi connectivity index (χ1n) is 11.6. The zero-order valence-corrected chi connectivity index (χ0v) is 20.5. The lowest BCUT2D eigenvalue weighted by Gasteiger charge is -2.18. The van der Waals surface area contributed by atoms with Crippen LogP contribution in [0.15, 0.2) is 17.2 Å². The van der Waals surface area contributed by atoms with Gasteiger partial charge in [-0.25, -0.2) is 18.3 Å². The summed E-state index contributed by atoms with van der Waals surface area (Å²) < 4.78 is 54.9. The van der Waals surface area contributed by atoms with Crippen molar-refractivity contribution in [2.45, 2.75) is 76.4 Å². The number of nitrogens with zero attached hydrogens (tertiary/aromatic N) is 3. The van der Waals surface area contributed by atoms with Crippen LogP contribution in [0.2, 0.25) is 0 Å². The van der Waals surface area contributed by atoms with E-state index in [1.807, 2.05) is 13.8 Å². The van der Waals surface area contributed by atoms with Crippen molar-refractivity contribution in [3.8, 4) is 0 Å². The number of carbonyl (C=O) groups is 1. The Balaban J connectivity index is 1.54. The molecule has 0 bridgehead atoms. The monoisotopic (exact) mass is 495 g/mol. The number of hydrogen-bond donors (Lipinski definition) is 2. The molecule has 1 aromatic carbocycles. The van der Waals surface area contributed by atoms with E-state index in [0.29, 0.717) is 5.69 Å². The highest BCUT2D eigenvalue weighted by molar-refractivity contribution is 7.90. The first-order chi connectivity index (χ1) is 16.0. The Labute approximate surface area is 198 Å². The van der Waals surface area contributed by atoms with Crippen LogP contribution in [0.1, 0.15) is 60.7 Å². The van der Waals surface area contributed by atoms with Gasteiger partial charge in [0.2, 0.25) is 0 Å². The number of benzene rings is 1. The van der Waals surface area contributed by atoms with Crippen molar-refractivity contribution < 1.29 is 22.0 Å². The summed E-state index contributed by atoms with van der Waals surface area (Å²) in [4.78, 5) is 14.2. The topological polar surface area (TPSA) is 96.3 Å². The van der Waals surface area contributed by atoms with Crippen molar-refractivity contribution >= 4 is 21.7 Å². The molecule has 8 nitrogen and oxygen atoms in total. The average molecular weight is 496 g/mol. The zero-order valence-electron chi connectivity index (χ0n) is 19.7. The molecule has 2 aromatic rings. The van der Waals surface area contributed by atoms with Crippen LogP contribution in [-0.4, -0.2) is 49.1 Å². The third kappa shape index (κ3) is 5.10. The van der Waals surface area contributed by atoms with Crippen LogP contribution in [-0.2, 0) is 42.3 Å².